The van der Waals surface area contributed by atoms with E-state index in [1.807, 2.05) is 0 Å². The van der Waals surface area contributed by atoms with Gasteiger partial charge in [-0.05, 0) is 40.1 Å². The molecule has 2 amide bonds. The highest BCUT2D eigenvalue weighted by Gasteiger charge is 2.23. The van der Waals surface area contributed by atoms with E-state index in [-0.39, 0.29) is 17.9 Å². The highest BCUT2D eigenvalue weighted by molar-refractivity contribution is 7.07. The van der Waals surface area contributed by atoms with E-state index in [1.165, 1.54) is 17.7 Å². The van der Waals surface area contributed by atoms with Gasteiger partial charge < -0.3 is 15.4 Å². The molecule has 5 nitrogen and oxygen atoms in total. The van der Waals surface area contributed by atoms with E-state index in [0.717, 1.165) is 31.9 Å². The second-order valence-corrected chi connectivity index (χ2v) is 6.69. The molecule has 1 fully saturated rings. The lowest BCUT2D eigenvalue weighted by Crippen LogP contribution is -2.45. The quantitative estimate of drug-likeness (QED) is 0.830. The van der Waals surface area contributed by atoms with Crippen LogP contribution in [-0.2, 0) is 11.3 Å². The van der Waals surface area contributed by atoms with E-state index in [9.17, 15) is 9.18 Å². The van der Waals surface area contributed by atoms with Gasteiger partial charge in [0.1, 0.15) is 5.82 Å². The number of benzene rings is 1. The molecule has 2 N–H and O–H groups in total. The molecule has 1 aromatic carbocycles. The first-order chi connectivity index (χ1) is 12.2. The summed E-state index contributed by atoms with van der Waals surface area (Å²) in [5, 5.41) is 9.93. The molecule has 0 bridgehead atoms. The standard InChI is InChI=1S/C18H22FN3O2S/c19-16-3-1-14(2-4-16)11-20-18(23)21-12-17(15-5-10-25-13-15)22-6-8-24-9-7-22/h1-5,10,13,17H,6-9,11-12H2,(H2,20,21,23)/t17-/m1/s1. The van der Waals surface area contributed by atoms with Crippen LogP contribution in [0.5, 0.6) is 0 Å². The number of ether oxygens (including phenoxy) is 1. The van der Waals surface area contributed by atoms with Crippen molar-refractivity contribution in [1.82, 2.24) is 15.5 Å². The van der Waals surface area contributed by atoms with Crippen molar-refractivity contribution in [3.8, 4) is 0 Å². The Morgan fingerprint density at radius 2 is 1.96 bits per heavy atom. The number of hydrogen-bond acceptors (Lipinski definition) is 4. The summed E-state index contributed by atoms with van der Waals surface area (Å²) >= 11 is 1.66. The third kappa shape index (κ3) is 5.26. The van der Waals surface area contributed by atoms with Crippen LogP contribution in [0.25, 0.3) is 0 Å². The second-order valence-electron chi connectivity index (χ2n) is 5.91. The Kier molecular flexibility index (Phi) is 6.38. The van der Waals surface area contributed by atoms with Crippen LogP contribution < -0.4 is 10.6 Å². The Morgan fingerprint density at radius 3 is 2.64 bits per heavy atom. The summed E-state index contributed by atoms with van der Waals surface area (Å²) in [6, 6.07) is 8.13. The third-order valence-electron chi connectivity index (χ3n) is 4.24. The van der Waals surface area contributed by atoms with Gasteiger partial charge in [0, 0.05) is 26.2 Å². The lowest BCUT2D eigenvalue weighted by atomic mass is 10.1. The lowest BCUT2D eigenvalue weighted by molar-refractivity contribution is 0.0168. The van der Waals surface area contributed by atoms with Gasteiger partial charge in [-0.1, -0.05) is 12.1 Å². The van der Waals surface area contributed by atoms with Gasteiger partial charge in [0.15, 0.2) is 0 Å². The number of halogens is 1. The van der Waals surface area contributed by atoms with Gasteiger partial charge in [-0.2, -0.15) is 11.3 Å². The molecule has 0 saturated carbocycles. The van der Waals surface area contributed by atoms with E-state index >= 15 is 0 Å². The van der Waals surface area contributed by atoms with Crippen molar-refractivity contribution in [3.63, 3.8) is 0 Å². The fraction of sp³-hybridized carbons (Fsp3) is 0.389. The van der Waals surface area contributed by atoms with E-state index in [0.29, 0.717) is 13.1 Å². The largest absolute Gasteiger partial charge is 0.379 e. The van der Waals surface area contributed by atoms with Gasteiger partial charge in [-0.15, -0.1) is 0 Å². The van der Waals surface area contributed by atoms with Crippen molar-refractivity contribution in [1.29, 1.82) is 0 Å². The maximum absolute atomic E-state index is 12.9. The molecule has 1 saturated heterocycles. The topological polar surface area (TPSA) is 53.6 Å². The van der Waals surface area contributed by atoms with E-state index in [2.05, 4.69) is 32.4 Å². The first-order valence-electron chi connectivity index (χ1n) is 8.32. The van der Waals surface area contributed by atoms with E-state index in [1.54, 1.807) is 23.5 Å². The van der Waals surface area contributed by atoms with Crippen molar-refractivity contribution in [2.24, 2.45) is 0 Å². The van der Waals surface area contributed by atoms with Crippen LogP contribution >= 0.6 is 11.3 Å². The van der Waals surface area contributed by atoms with Crippen LogP contribution in [0, 0.1) is 5.82 Å². The zero-order chi connectivity index (χ0) is 17.5. The van der Waals surface area contributed by atoms with Crippen LogP contribution in [0.1, 0.15) is 17.2 Å². The van der Waals surface area contributed by atoms with Crippen LogP contribution in [0.3, 0.4) is 0 Å². The van der Waals surface area contributed by atoms with Gasteiger partial charge in [-0.25, -0.2) is 9.18 Å². The number of urea groups is 1. The van der Waals surface area contributed by atoms with Gasteiger partial charge in [-0.3, -0.25) is 4.90 Å². The molecule has 7 heteroatoms. The summed E-state index contributed by atoms with van der Waals surface area (Å²) in [6.07, 6.45) is 0. The average molecular weight is 363 g/mol. The number of hydrogen-bond donors (Lipinski definition) is 2. The minimum atomic E-state index is -0.280. The third-order valence-corrected chi connectivity index (χ3v) is 4.94. The van der Waals surface area contributed by atoms with Crippen molar-refractivity contribution in [3.05, 3.63) is 58.0 Å². The molecule has 0 spiro atoms. The Labute approximate surface area is 150 Å². The summed E-state index contributed by atoms with van der Waals surface area (Å²) in [5.41, 5.74) is 2.07. The molecule has 1 aliphatic heterocycles. The van der Waals surface area contributed by atoms with Crippen molar-refractivity contribution < 1.29 is 13.9 Å². The fourth-order valence-electron chi connectivity index (χ4n) is 2.85. The minimum absolute atomic E-state index is 0.145. The molecular weight excluding hydrogens is 341 g/mol. The molecule has 3 rings (SSSR count). The number of amides is 2. The number of morpholine rings is 1. The summed E-state index contributed by atoms with van der Waals surface area (Å²) < 4.78 is 18.3. The molecule has 2 heterocycles. The zero-order valence-corrected chi connectivity index (χ0v) is 14.7. The average Bonchev–Trinajstić information content (AvgIpc) is 3.17. The predicted octanol–water partition coefficient (Wildman–Crippen LogP) is 2.76. The first kappa shape index (κ1) is 17.8. The van der Waals surface area contributed by atoms with E-state index < -0.39 is 0 Å². The second kappa shape index (κ2) is 8.94. The number of carbonyl (C=O) groups is 1. The maximum Gasteiger partial charge on any atom is 0.315 e. The molecule has 1 aromatic heterocycles. The number of carbonyl (C=O) groups excluding carboxylic acids is 1. The number of nitrogens with one attached hydrogen (secondary N) is 2. The molecule has 2 aromatic rings. The van der Waals surface area contributed by atoms with Crippen LogP contribution in [0.4, 0.5) is 9.18 Å². The number of nitrogens with zero attached hydrogens (tertiary/aromatic N) is 1. The molecule has 25 heavy (non-hydrogen) atoms. The lowest BCUT2D eigenvalue weighted by Gasteiger charge is -2.34. The normalized spacial score (nSPS) is 16.4. The van der Waals surface area contributed by atoms with Gasteiger partial charge in [0.05, 0.1) is 19.3 Å². The highest BCUT2D eigenvalue weighted by Crippen LogP contribution is 2.23. The molecule has 0 aliphatic carbocycles. The predicted molar refractivity (Wildman–Crippen MR) is 96.1 cm³/mol. The SMILES string of the molecule is O=C(NCc1ccc(F)cc1)NC[C@H](c1ccsc1)N1CCOCC1. The van der Waals surface area contributed by atoms with Gasteiger partial charge in [0.2, 0.25) is 0 Å². The van der Waals surface area contributed by atoms with Crippen molar-refractivity contribution in [2.75, 3.05) is 32.8 Å². The summed E-state index contributed by atoms with van der Waals surface area (Å²) in [7, 11) is 0. The monoisotopic (exact) mass is 363 g/mol. The van der Waals surface area contributed by atoms with Crippen LogP contribution in [-0.4, -0.2) is 43.8 Å². The molecule has 0 radical (unpaired) electrons. The minimum Gasteiger partial charge on any atom is -0.379 e. The van der Waals surface area contributed by atoms with Crippen LogP contribution in [0.15, 0.2) is 41.1 Å². The molecule has 0 unspecified atom stereocenters. The fourth-order valence-corrected chi connectivity index (χ4v) is 3.56. The number of rotatable bonds is 6. The summed E-state index contributed by atoms with van der Waals surface area (Å²) in [6.45, 7) is 4.06. The summed E-state index contributed by atoms with van der Waals surface area (Å²) in [4.78, 5) is 14.4. The zero-order valence-electron chi connectivity index (χ0n) is 13.9. The Balaban J connectivity index is 1.51. The van der Waals surface area contributed by atoms with Gasteiger partial charge >= 0.3 is 6.03 Å². The Morgan fingerprint density at radius 1 is 1.20 bits per heavy atom. The molecule has 1 aliphatic rings. The highest BCUT2D eigenvalue weighted by atomic mass is 32.1. The van der Waals surface area contributed by atoms with Crippen molar-refractivity contribution >= 4 is 17.4 Å². The van der Waals surface area contributed by atoms with Crippen LogP contribution in [0.2, 0.25) is 0 Å². The number of thiophene rings is 1. The molecule has 1 atom stereocenters. The van der Waals surface area contributed by atoms with Gasteiger partial charge in [0.25, 0.3) is 0 Å². The molecular formula is C18H22FN3O2S. The van der Waals surface area contributed by atoms with E-state index in [4.69, 9.17) is 4.74 Å². The molecule has 134 valence electrons. The first-order valence-corrected chi connectivity index (χ1v) is 9.26. The van der Waals surface area contributed by atoms with Crippen molar-refractivity contribution in [2.45, 2.75) is 12.6 Å². The summed E-state index contributed by atoms with van der Waals surface area (Å²) in [5.74, 6) is -0.280. The maximum atomic E-state index is 12.9. The smallest absolute Gasteiger partial charge is 0.315 e. The Hall–Kier alpha value is -1.96. The Bertz CT molecular complexity index is 657.